The number of benzene rings is 1. The number of anilines is 1. The van der Waals surface area contributed by atoms with Crippen LogP contribution in [0.3, 0.4) is 0 Å². The van der Waals surface area contributed by atoms with Gasteiger partial charge in [-0.15, -0.1) is 0 Å². The number of hydrogen-bond acceptors (Lipinski definition) is 5. The van der Waals surface area contributed by atoms with E-state index in [1.807, 2.05) is 0 Å². The van der Waals surface area contributed by atoms with Gasteiger partial charge < -0.3 is 14.6 Å². The smallest absolute Gasteiger partial charge is 0.420 e. The molecule has 21 heavy (non-hydrogen) atoms. The molecule has 6 nitrogen and oxygen atoms in total. The van der Waals surface area contributed by atoms with Gasteiger partial charge in [0.2, 0.25) is 5.88 Å². The monoisotopic (exact) mass is 288 g/mol. The SMILES string of the molecule is COc1cccc(N(C)C(=O)Oc2ccc(CO)cc2)n1. The number of pyridine rings is 1. The third-order valence-electron chi connectivity index (χ3n) is 2.85. The first kappa shape index (κ1) is 14.8. The van der Waals surface area contributed by atoms with Crippen LogP contribution in [0.5, 0.6) is 11.6 Å². The first-order valence-corrected chi connectivity index (χ1v) is 6.30. The number of aromatic nitrogens is 1. The first-order chi connectivity index (χ1) is 10.1. The fourth-order valence-corrected chi connectivity index (χ4v) is 1.63. The Morgan fingerprint density at radius 1 is 1.24 bits per heavy atom. The predicted molar refractivity (Wildman–Crippen MR) is 77.6 cm³/mol. The topological polar surface area (TPSA) is 71.9 Å². The van der Waals surface area contributed by atoms with Crippen molar-refractivity contribution in [2.45, 2.75) is 6.61 Å². The highest BCUT2D eigenvalue weighted by atomic mass is 16.6. The first-order valence-electron chi connectivity index (χ1n) is 6.30. The van der Waals surface area contributed by atoms with E-state index in [9.17, 15) is 4.79 Å². The second kappa shape index (κ2) is 6.71. The molecule has 0 aliphatic carbocycles. The standard InChI is InChI=1S/C15H16N2O4/c1-17(13-4-3-5-14(16-13)20-2)15(19)21-12-8-6-11(10-18)7-9-12/h3-9,18H,10H2,1-2H3. The van der Waals surface area contributed by atoms with E-state index in [1.165, 1.54) is 12.0 Å². The summed E-state index contributed by atoms with van der Waals surface area (Å²) in [6.45, 7) is -0.0537. The number of rotatable bonds is 4. The van der Waals surface area contributed by atoms with E-state index in [1.54, 1.807) is 49.5 Å². The van der Waals surface area contributed by atoms with Gasteiger partial charge in [-0.1, -0.05) is 18.2 Å². The molecule has 2 rings (SSSR count). The molecule has 0 aliphatic heterocycles. The van der Waals surface area contributed by atoms with Crippen LogP contribution < -0.4 is 14.4 Å². The average Bonchev–Trinajstić information content (AvgIpc) is 2.54. The molecule has 1 aromatic heterocycles. The van der Waals surface area contributed by atoms with Gasteiger partial charge in [0, 0.05) is 13.1 Å². The van der Waals surface area contributed by atoms with E-state index in [2.05, 4.69) is 4.98 Å². The second-order valence-electron chi connectivity index (χ2n) is 4.27. The molecule has 1 amide bonds. The molecule has 2 aromatic rings. The van der Waals surface area contributed by atoms with Gasteiger partial charge in [-0.25, -0.2) is 4.79 Å². The van der Waals surface area contributed by atoms with Crippen LogP contribution in [0, 0.1) is 0 Å². The lowest BCUT2D eigenvalue weighted by Crippen LogP contribution is -2.30. The molecule has 110 valence electrons. The Kier molecular flexibility index (Phi) is 4.73. The minimum Gasteiger partial charge on any atom is -0.481 e. The summed E-state index contributed by atoms with van der Waals surface area (Å²) >= 11 is 0. The molecule has 0 atom stereocenters. The van der Waals surface area contributed by atoms with Crippen molar-refractivity contribution in [2.75, 3.05) is 19.1 Å². The molecule has 0 aliphatic rings. The second-order valence-corrected chi connectivity index (χ2v) is 4.27. The molecule has 0 fully saturated rings. The maximum atomic E-state index is 12.0. The van der Waals surface area contributed by atoms with E-state index in [0.717, 1.165) is 5.56 Å². The quantitative estimate of drug-likeness (QED) is 0.934. The minimum atomic E-state index is -0.562. The molecular weight excluding hydrogens is 272 g/mol. The van der Waals surface area contributed by atoms with E-state index >= 15 is 0 Å². The summed E-state index contributed by atoms with van der Waals surface area (Å²) in [5.41, 5.74) is 0.748. The number of amides is 1. The number of hydrogen-bond donors (Lipinski definition) is 1. The van der Waals surface area contributed by atoms with Crippen molar-refractivity contribution < 1.29 is 19.4 Å². The number of ether oxygens (including phenoxy) is 2. The number of carbonyl (C=O) groups excluding carboxylic acids is 1. The van der Waals surface area contributed by atoms with E-state index in [4.69, 9.17) is 14.6 Å². The third-order valence-corrected chi connectivity index (χ3v) is 2.85. The molecule has 0 bridgehead atoms. The van der Waals surface area contributed by atoms with Gasteiger partial charge in [0.1, 0.15) is 11.6 Å². The van der Waals surface area contributed by atoms with Gasteiger partial charge in [-0.3, -0.25) is 4.90 Å². The summed E-state index contributed by atoms with van der Waals surface area (Å²) in [5.74, 6) is 1.23. The molecule has 0 radical (unpaired) electrons. The molecule has 0 spiro atoms. The van der Waals surface area contributed by atoms with Crippen LogP contribution in [0.2, 0.25) is 0 Å². The molecule has 0 saturated carbocycles. The van der Waals surface area contributed by atoms with Gasteiger partial charge in [-0.2, -0.15) is 4.98 Å². The van der Waals surface area contributed by atoms with Crippen molar-refractivity contribution in [1.29, 1.82) is 0 Å². The normalized spacial score (nSPS) is 10.0. The zero-order chi connectivity index (χ0) is 15.2. The summed E-state index contributed by atoms with van der Waals surface area (Å²) in [7, 11) is 3.07. The number of methoxy groups -OCH3 is 1. The third kappa shape index (κ3) is 3.70. The molecule has 0 unspecified atom stereocenters. The zero-order valence-electron chi connectivity index (χ0n) is 11.8. The van der Waals surface area contributed by atoms with Gasteiger partial charge in [-0.05, 0) is 23.8 Å². The van der Waals surface area contributed by atoms with Crippen molar-refractivity contribution in [1.82, 2.24) is 4.98 Å². The Morgan fingerprint density at radius 2 is 1.95 bits per heavy atom. The van der Waals surface area contributed by atoms with Crippen LogP contribution in [-0.2, 0) is 6.61 Å². The van der Waals surface area contributed by atoms with Gasteiger partial charge in [0.15, 0.2) is 0 Å². The summed E-state index contributed by atoms with van der Waals surface area (Å²) in [4.78, 5) is 17.5. The van der Waals surface area contributed by atoms with Crippen molar-refractivity contribution in [3.05, 3.63) is 48.0 Å². The zero-order valence-corrected chi connectivity index (χ0v) is 11.8. The summed E-state index contributed by atoms with van der Waals surface area (Å²) in [5, 5.41) is 8.96. The Hall–Kier alpha value is -2.60. The van der Waals surface area contributed by atoms with Crippen LogP contribution in [0.4, 0.5) is 10.6 Å². The molecule has 0 saturated heterocycles. The Bertz CT molecular complexity index is 613. The largest absolute Gasteiger partial charge is 0.481 e. The Morgan fingerprint density at radius 3 is 2.57 bits per heavy atom. The van der Waals surface area contributed by atoms with Crippen LogP contribution in [0.25, 0.3) is 0 Å². The molecule has 6 heteroatoms. The molecular formula is C15H16N2O4. The summed E-state index contributed by atoms with van der Waals surface area (Å²) < 4.78 is 10.2. The maximum Gasteiger partial charge on any atom is 0.420 e. The Balaban J connectivity index is 2.07. The van der Waals surface area contributed by atoms with Crippen molar-refractivity contribution in [3.63, 3.8) is 0 Å². The molecule has 1 N–H and O–H groups in total. The van der Waals surface area contributed by atoms with Crippen molar-refractivity contribution in [2.24, 2.45) is 0 Å². The molecule has 1 aromatic carbocycles. The van der Waals surface area contributed by atoms with Gasteiger partial charge >= 0.3 is 6.09 Å². The Labute approximate surface area is 122 Å². The fourth-order valence-electron chi connectivity index (χ4n) is 1.63. The maximum absolute atomic E-state index is 12.0. The van der Waals surface area contributed by atoms with Crippen LogP contribution in [0.15, 0.2) is 42.5 Å². The van der Waals surface area contributed by atoms with Gasteiger partial charge in [0.05, 0.1) is 13.7 Å². The lowest BCUT2D eigenvalue weighted by atomic mass is 10.2. The van der Waals surface area contributed by atoms with Crippen molar-refractivity contribution >= 4 is 11.9 Å². The highest BCUT2D eigenvalue weighted by Gasteiger charge is 2.15. The van der Waals surface area contributed by atoms with Crippen molar-refractivity contribution in [3.8, 4) is 11.6 Å². The average molecular weight is 288 g/mol. The number of nitrogens with zero attached hydrogens (tertiary/aromatic N) is 2. The van der Waals surface area contributed by atoms with E-state index in [0.29, 0.717) is 17.4 Å². The lowest BCUT2D eigenvalue weighted by molar-refractivity contribution is 0.209. The van der Waals surface area contributed by atoms with Crippen LogP contribution in [0.1, 0.15) is 5.56 Å². The van der Waals surface area contributed by atoms with Gasteiger partial charge in [0.25, 0.3) is 0 Å². The lowest BCUT2D eigenvalue weighted by Gasteiger charge is -2.16. The minimum absolute atomic E-state index is 0.0537. The number of carbonyl (C=O) groups is 1. The predicted octanol–water partition coefficient (Wildman–Crippen LogP) is 2.22. The fraction of sp³-hybridized carbons (Fsp3) is 0.200. The van der Waals surface area contributed by atoms with Crippen LogP contribution in [-0.4, -0.2) is 30.3 Å². The van der Waals surface area contributed by atoms with E-state index in [-0.39, 0.29) is 6.61 Å². The number of aliphatic hydroxyl groups is 1. The highest BCUT2D eigenvalue weighted by molar-refractivity contribution is 5.87. The highest BCUT2D eigenvalue weighted by Crippen LogP contribution is 2.17. The van der Waals surface area contributed by atoms with Crippen LogP contribution >= 0.6 is 0 Å². The summed E-state index contributed by atoms with van der Waals surface area (Å²) in [6.07, 6.45) is -0.562. The summed E-state index contributed by atoms with van der Waals surface area (Å²) in [6, 6.07) is 11.7. The van der Waals surface area contributed by atoms with E-state index < -0.39 is 6.09 Å². The number of aliphatic hydroxyl groups excluding tert-OH is 1. The molecule has 1 heterocycles.